The van der Waals surface area contributed by atoms with E-state index in [0.717, 1.165) is 11.3 Å². The molecular weight excluding hydrogens is 356 g/mol. The molecular formula is C19H13ClN2O2S. The summed E-state index contributed by atoms with van der Waals surface area (Å²) >= 11 is 7.51. The molecule has 0 saturated heterocycles. The Hall–Kier alpha value is -2.63. The fourth-order valence-corrected chi connectivity index (χ4v) is 3.67. The van der Waals surface area contributed by atoms with E-state index in [1.54, 1.807) is 16.5 Å². The first-order chi connectivity index (χ1) is 12.2. The molecule has 2 aromatic heterocycles. The van der Waals surface area contributed by atoms with Crippen molar-refractivity contribution in [1.82, 2.24) is 9.38 Å². The molecule has 0 amide bonds. The minimum Gasteiger partial charge on any atom is -0.486 e. The quantitative estimate of drug-likeness (QED) is 0.526. The van der Waals surface area contributed by atoms with Crippen LogP contribution in [0, 0.1) is 0 Å². The van der Waals surface area contributed by atoms with Gasteiger partial charge in [-0.05, 0) is 17.7 Å². The minimum absolute atomic E-state index is 0.122. The van der Waals surface area contributed by atoms with Crippen molar-refractivity contribution in [1.29, 1.82) is 0 Å². The molecule has 4 nitrogen and oxygen atoms in total. The lowest BCUT2D eigenvalue weighted by molar-refractivity contribution is 0.301. The van der Waals surface area contributed by atoms with Crippen molar-refractivity contribution in [2.45, 2.75) is 6.61 Å². The predicted octanol–water partition coefficient (Wildman–Crippen LogP) is 4.66. The molecule has 0 bridgehead atoms. The Kier molecular flexibility index (Phi) is 4.26. The van der Waals surface area contributed by atoms with Crippen LogP contribution in [0.25, 0.3) is 16.2 Å². The summed E-state index contributed by atoms with van der Waals surface area (Å²) in [6.07, 6.45) is 0. The topological polar surface area (TPSA) is 43.6 Å². The molecule has 0 aliphatic rings. The zero-order valence-electron chi connectivity index (χ0n) is 13.1. The second-order valence-electron chi connectivity index (χ2n) is 5.41. The summed E-state index contributed by atoms with van der Waals surface area (Å²) in [6.45, 7) is 0.189. The van der Waals surface area contributed by atoms with Crippen LogP contribution in [-0.4, -0.2) is 9.38 Å². The first-order valence-corrected chi connectivity index (χ1v) is 8.91. The van der Waals surface area contributed by atoms with Gasteiger partial charge in [0.15, 0.2) is 4.96 Å². The third-order valence-electron chi connectivity index (χ3n) is 3.74. The van der Waals surface area contributed by atoms with Crippen LogP contribution in [0.15, 0.2) is 70.8 Å². The second-order valence-corrected chi connectivity index (χ2v) is 6.65. The van der Waals surface area contributed by atoms with E-state index >= 15 is 0 Å². The molecule has 2 heterocycles. The number of ether oxygens (including phenoxy) is 1. The van der Waals surface area contributed by atoms with Crippen molar-refractivity contribution >= 4 is 27.9 Å². The van der Waals surface area contributed by atoms with Gasteiger partial charge in [-0.1, -0.05) is 54.1 Å². The standard InChI is InChI=1S/C19H13ClN2O2S/c20-15-8-4-5-9-17(15)24-11-14-10-18(23)22-16(12-25-19(22)21-14)13-6-2-1-3-7-13/h1-10,12H,11H2. The molecule has 0 atom stereocenters. The second kappa shape index (κ2) is 6.70. The van der Waals surface area contributed by atoms with Crippen LogP contribution in [-0.2, 0) is 6.61 Å². The average Bonchev–Trinajstić information content (AvgIpc) is 3.06. The highest BCUT2D eigenvalue weighted by Gasteiger charge is 2.11. The number of rotatable bonds is 4. The Balaban J connectivity index is 1.67. The van der Waals surface area contributed by atoms with Crippen LogP contribution >= 0.6 is 22.9 Å². The van der Waals surface area contributed by atoms with Crippen molar-refractivity contribution in [3.05, 3.63) is 87.1 Å². The Bertz CT molecular complexity index is 1090. The van der Waals surface area contributed by atoms with Gasteiger partial charge in [0, 0.05) is 11.4 Å². The molecule has 0 unspecified atom stereocenters. The molecule has 0 fully saturated rings. The van der Waals surface area contributed by atoms with E-state index in [2.05, 4.69) is 4.98 Å². The van der Waals surface area contributed by atoms with Gasteiger partial charge in [-0.2, -0.15) is 0 Å². The number of benzene rings is 2. The summed E-state index contributed by atoms with van der Waals surface area (Å²) in [6, 6.07) is 18.5. The van der Waals surface area contributed by atoms with Gasteiger partial charge < -0.3 is 4.74 Å². The highest BCUT2D eigenvalue weighted by Crippen LogP contribution is 2.25. The molecule has 2 aromatic carbocycles. The monoisotopic (exact) mass is 368 g/mol. The number of thiazole rings is 1. The lowest BCUT2D eigenvalue weighted by atomic mass is 10.2. The highest BCUT2D eigenvalue weighted by atomic mass is 35.5. The number of halogens is 1. The zero-order valence-corrected chi connectivity index (χ0v) is 14.6. The minimum atomic E-state index is -0.122. The van der Waals surface area contributed by atoms with Gasteiger partial charge in [-0.3, -0.25) is 9.20 Å². The van der Waals surface area contributed by atoms with E-state index in [0.29, 0.717) is 21.4 Å². The lowest BCUT2D eigenvalue weighted by Crippen LogP contribution is -2.15. The van der Waals surface area contributed by atoms with Crippen molar-refractivity contribution in [2.75, 3.05) is 0 Å². The summed E-state index contributed by atoms with van der Waals surface area (Å²) in [7, 11) is 0. The van der Waals surface area contributed by atoms with Gasteiger partial charge in [0.2, 0.25) is 0 Å². The first-order valence-electron chi connectivity index (χ1n) is 7.65. The number of fused-ring (bicyclic) bond motifs is 1. The molecule has 0 N–H and O–H groups in total. The largest absolute Gasteiger partial charge is 0.486 e. The number of hydrogen-bond donors (Lipinski definition) is 0. The maximum Gasteiger partial charge on any atom is 0.259 e. The van der Waals surface area contributed by atoms with Crippen LogP contribution in [0.2, 0.25) is 5.02 Å². The SMILES string of the molecule is O=c1cc(COc2ccccc2Cl)nc2scc(-c3ccccc3)n12. The Morgan fingerprint density at radius 2 is 1.84 bits per heavy atom. The van der Waals surface area contributed by atoms with Crippen LogP contribution < -0.4 is 10.3 Å². The van der Waals surface area contributed by atoms with Crippen LogP contribution in [0.4, 0.5) is 0 Å². The molecule has 6 heteroatoms. The van der Waals surface area contributed by atoms with Gasteiger partial charge in [0.05, 0.1) is 16.4 Å². The van der Waals surface area contributed by atoms with Gasteiger partial charge in [0.25, 0.3) is 5.56 Å². The number of para-hydroxylation sites is 1. The van der Waals surface area contributed by atoms with E-state index in [-0.39, 0.29) is 12.2 Å². The van der Waals surface area contributed by atoms with E-state index in [1.807, 2.05) is 47.8 Å². The Labute approximate surface area is 152 Å². The van der Waals surface area contributed by atoms with E-state index in [4.69, 9.17) is 16.3 Å². The average molecular weight is 369 g/mol. The van der Waals surface area contributed by atoms with Gasteiger partial charge >= 0.3 is 0 Å². The summed E-state index contributed by atoms with van der Waals surface area (Å²) in [5, 5.41) is 2.47. The number of hydrogen-bond acceptors (Lipinski definition) is 4. The van der Waals surface area contributed by atoms with Crippen molar-refractivity contribution < 1.29 is 4.74 Å². The lowest BCUT2D eigenvalue weighted by Gasteiger charge is -2.07. The van der Waals surface area contributed by atoms with Crippen molar-refractivity contribution in [3.63, 3.8) is 0 Å². The van der Waals surface area contributed by atoms with Gasteiger partial charge in [-0.15, -0.1) is 11.3 Å². The zero-order chi connectivity index (χ0) is 17.2. The van der Waals surface area contributed by atoms with Crippen LogP contribution in [0.1, 0.15) is 5.69 Å². The number of nitrogens with zero attached hydrogens (tertiary/aromatic N) is 2. The molecule has 25 heavy (non-hydrogen) atoms. The number of aromatic nitrogens is 2. The molecule has 0 aliphatic carbocycles. The third kappa shape index (κ3) is 3.16. The maximum atomic E-state index is 12.6. The molecule has 4 aromatic rings. The van der Waals surface area contributed by atoms with E-state index in [9.17, 15) is 4.79 Å². The van der Waals surface area contributed by atoms with E-state index in [1.165, 1.54) is 17.4 Å². The highest BCUT2D eigenvalue weighted by molar-refractivity contribution is 7.15. The third-order valence-corrected chi connectivity index (χ3v) is 4.88. The summed E-state index contributed by atoms with van der Waals surface area (Å²) in [5.41, 5.74) is 2.28. The maximum absolute atomic E-state index is 12.6. The smallest absolute Gasteiger partial charge is 0.259 e. The first kappa shape index (κ1) is 15.9. The molecule has 0 aliphatic heterocycles. The normalized spacial score (nSPS) is 10.9. The molecule has 0 spiro atoms. The van der Waals surface area contributed by atoms with Gasteiger partial charge in [0.1, 0.15) is 12.4 Å². The fourth-order valence-electron chi connectivity index (χ4n) is 2.56. The molecule has 0 saturated carbocycles. The van der Waals surface area contributed by atoms with Gasteiger partial charge in [-0.25, -0.2) is 4.98 Å². The summed E-state index contributed by atoms with van der Waals surface area (Å²) in [4.78, 5) is 17.8. The molecule has 0 radical (unpaired) electrons. The molecule has 124 valence electrons. The summed E-state index contributed by atoms with van der Waals surface area (Å²) in [5.74, 6) is 0.572. The Morgan fingerprint density at radius 1 is 1.08 bits per heavy atom. The predicted molar refractivity (Wildman–Crippen MR) is 101 cm³/mol. The Morgan fingerprint density at radius 3 is 2.64 bits per heavy atom. The van der Waals surface area contributed by atoms with Crippen molar-refractivity contribution in [2.24, 2.45) is 0 Å². The summed E-state index contributed by atoms with van der Waals surface area (Å²) < 4.78 is 7.30. The van der Waals surface area contributed by atoms with Crippen molar-refractivity contribution in [3.8, 4) is 17.0 Å². The fraction of sp³-hybridized carbons (Fsp3) is 0.0526. The van der Waals surface area contributed by atoms with Crippen LogP contribution in [0.5, 0.6) is 5.75 Å². The van der Waals surface area contributed by atoms with E-state index < -0.39 is 0 Å². The molecule has 4 rings (SSSR count). The van der Waals surface area contributed by atoms with Crippen LogP contribution in [0.3, 0.4) is 0 Å².